The average Bonchev–Trinajstić information content (AvgIpc) is 2.80. The summed E-state index contributed by atoms with van der Waals surface area (Å²) in [6, 6.07) is 0.676. The molecule has 114 valence electrons. The molecule has 0 aromatic carbocycles. The quantitative estimate of drug-likeness (QED) is 0.617. The molecule has 0 aliphatic heterocycles. The lowest BCUT2D eigenvalue weighted by Gasteiger charge is -2.04. The smallest absolute Gasteiger partial charge is 0.419 e. The molecule has 0 unspecified atom stereocenters. The molecule has 0 atom stereocenters. The number of carboxylic acids is 1. The van der Waals surface area contributed by atoms with Crippen molar-refractivity contribution < 1.29 is 36.8 Å². The number of rotatable bonds is 5. The van der Waals surface area contributed by atoms with Gasteiger partial charge in [-0.1, -0.05) is 12.7 Å². The summed E-state index contributed by atoms with van der Waals surface area (Å²) in [6.07, 6.45) is 0.822. The summed E-state index contributed by atoms with van der Waals surface area (Å²) in [5, 5.41) is 8.95. The summed E-state index contributed by atoms with van der Waals surface area (Å²) in [5.41, 5.74) is -0.658. The van der Waals surface area contributed by atoms with Crippen molar-refractivity contribution in [2.45, 2.75) is 11.8 Å². The lowest BCUT2D eigenvalue weighted by atomic mass is 10.4. The first-order valence-electron chi connectivity index (χ1n) is 5.37. The van der Waals surface area contributed by atoms with Gasteiger partial charge in [0.25, 0.3) is 0 Å². The summed E-state index contributed by atoms with van der Waals surface area (Å²) in [5.74, 6) is -2.66. The largest absolute Gasteiger partial charge is 0.477 e. The Kier molecular flexibility index (Phi) is 4.87. The van der Waals surface area contributed by atoms with Crippen LogP contribution in [-0.4, -0.2) is 42.7 Å². The van der Waals surface area contributed by atoms with Crippen molar-refractivity contribution in [1.29, 1.82) is 0 Å². The van der Waals surface area contributed by atoms with Gasteiger partial charge in [0.2, 0.25) is 0 Å². The van der Waals surface area contributed by atoms with Crippen LogP contribution >= 0.6 is 0 Å². The molecule has 0 aliphatic rings. The number of carbonyl (C=O) groups excluding carboxylic acids is 2. The molecule has 0 aliphatic carbocycles. The van der Waals surface area contributed by atoms with Gasteiger partial charge in [-0.25, -0.2) is 14.2 Å². The highest BCUT2D eigenvalue weighted by molar-refractivity contribution is 7.87. The highest BCUT2D eigenvalue weighted by Crippen LogP contribution is 2.17. The Morgan fingerprint density at radius 2 is 2.05 bits per heavy atom. The van der Waals surface area contributed by atoms with Gasteiger partial charge in [-0.3, -0.25) is 4.79 Å². The molecule has 9 nitrogen and oxygen atoms in total. The lowest BCUT2D eigenvalue weighted by Crippen LogP contribution is -2.18. The van der Waals surface area contributed by atoms with Crippen LogP contribution in [0.4, 0.5) is 4.79 Å². The highest BCUT2D eigenvalue weighted by Gasteiger charge is 2.26. The van der Waals surface area contributed by atoms with E-state index in [0.717, 1.165) is 6.92 Å². The number of hydrogen-bond acceptors (Lipinski definition) is 7. The third kappa shape index (κ3) is 3.92. The van der Waals surface area contributed by atoms with E-state index >= 15 is 0 Å². The van der Waals surface area contributed by atoms with E-state index in [1.807, 2.05) is 0 Å². The second kappa shape index (κ2) is 6.22. The summed E-state index contributed by atoms with van der Waals surface area (Å²) in [7, 11) is -4.51. The van der Waals surface area contributed by atoms with Crippen LogP contribution in [-0.2, 0) is 23.8 Å². The standard InChI is InChI=1S/C11H11NO8S/c1-3-4-19-11(16)12-6-8(5-9(12)10(14)15)21(17,18)20-7(2)13/h3,5-6H,1,4H2,2H3,(H,14,15). The van der Waals surface area contributed by atoms with Gasteiger partial charge in [0.05, 0.1) is 0 Å². The maximum atomic E-state index is 11.6. The van der Waals surface area contributed by atoms with Crippen molar-refractivity contribution in [3.8, 4) is 0 Å². The molecule has 1 aromatic rings. The third-order valence-electron chi connectivity index (χ3n) is 2.05. The lowest BCUT2D eigenvalue weighted by molar-refractivity contribution is -0.131. The Balaban J connectivity index is 3.28. The number of hydrogen-bond donors (Lipinski definition) is 1. The number of aromatic nitrogens is 1. The Morgan fingerprint density at radius 1 is 1.43 bits per heavy atom. The van der Waals surface area contributed by atoms with Crippen LogP contribution in [0.25, 0.3) is 0 Å². The minimum atomic E-state index is -4.51. The van der Waals surface area contributed by atoms with Crippen LogP contribution in [0.15, 0.2) is 29.8 Å². The molecule has 21 heavy (non-hydrogen) atoms. The SMILES string of the molecule is C=CCOC(=O)n1cc(S(=O)(=O)OC(C)=O)cc1C(=O)O. The van der Waals surface area contributed by atoms with E-state index in [-0.39, 0.29) is 6.61 Å². The number of aromatic carboxylic acids is 1. The second-order valence-corrected chi connectivity index (χ2v) is 5.18. The fourth-order valence-electron chi connectivity index (χ4n) is 1.29. The molecule has 0 fully saturated rings. The highest BCUT2D eigenvalue weighted by atomic mass is 32.2. The fraction of sp³-hybridized carbons (Fsp3) is 0.182. The molecule has 1 N–H and O–H groups in total. The van der Waals surface area contributed by atoms with Gasteiger partial charge < -0.3 is 14.0 Å². The zero-order valence-electron chi connectivity index (χ0n) is 10.8. The van der Waals surface area contributed by atoms with Crippen LogP contribution in [0.2, 0.25) is 0 Å². The van der Waals surface area contributed by atoms with Crippen molar-refractivity contribution >= 4 is 28.1 Å². The predicted octanol–water partition coefficient (Wildman–Crippen LogP) is 0.609. The minimum absolute atomic E-state index is 0.192. The summed E-state index contributed by atoms with van der Waals surface area (Å²) >= 11 is 0. The van der Waals surface area contributed by atoms with E-state index in [1.165, 1.54) is 6.08 Å². The predicted molar refractivity (Wildman–Crippen MR) is 67.3 cm³/mol. The van der Waals surface area contributed by atoms with E-state index < -0.39 is 38.7 Å². The first-order valence-corrected chi connectivity index (χ1v) is 6.78. The van der Waals surface area contributed by atoms with Crippen molar-refractivity contribution in [2.24, 2.45) is 0 Å². The van der Waals surface area contributed by atoms with Crippen LogP contribution < -0.4 is 0 Å². The van der Waals surface area contributed by atoms with Gasteiger partial charge in [-0.2, -0.15) is 8.42 Å². The van der Waals surface area contributed by atoms with Gasteiger partial charge in [-0.05, 0) is 6.07 Å². The molecular formula is C11H11NO8S. The number of nitrogens with zero attached hydrogens (tertiary/aromatic N) is 1. The molecule has 1 heterocycles. The molecular weight excluding hydrogens is 306 g/mol. The zero-order chi connectivity index (χ0) is 16.2. The van der Waals surface area contributed by atoms with Gasteiger partial charge in [-0.15, -0.1) is 0 Å². The Hall–Kier alpha value is -2.62. The van der Waals surface area contributed by atoms with E-state index in [9.17, 15) is 22.8 Å². The van der Waals surface area contributed by atoms with Crippen molar-refractivity contribution in [2.75, 3.05) is 6.61 Å². The molecule has 1 aromatic heterocycles. The monoisotopic (exact) mass is 317 g/mol. The first-order chi connectivity index (χ1) is 9.69. The number of carbonyl (C=O) groups is 3. The molecule has 0 radical (unpaired) electrons. The van der Waals surface area contributed by atoms with Crippen molar-refractivity contribution in [1.82, 2.24) is 4.57 Å². The molecule has 1 rings (SSSR count). The molecule has 0 saturated heterocycles. The Bertz CT molecular complexity index is 700. The second-order valence-electron chi connectivity index (χ2n) is 3.63. The van der Waals surface area contributed by atoms with Gasteiger partial charge in [0.15, 0.2) is 0 Å². The summed E-state index contributed by atoms with van der Waals surface area (Å²) in [4.78, 5) is 32.7. The van der Waals surface area contributed by atoms with Crippen molar-refractivity contribution in [3.05, 3.63) is 30.6 Å². The molecule has 0 saturated carbocycles. The van der Waals surface area contributed by atoms with E-state index in [2.05, 4.69) is 15.5 Å². The van der Waals surface area contributed by atoms with E-state index in [1.54, 1.807) is 0 Å². The fourth-order valence-corrected chi connectivity index (χ4v) is 2.19. The van der Waals surface area contributed by atoms with Crippen LogP contribution in [0.5, 0.6) is 0 Å². The zero-order valence-corrected chi connectivity index (χ0v) is 11.6. The molecule has 10 heteroatoms. The van der Waals surface area contributed by atoms with E-state index in [4.69, 9.17) is 5.11 Å². The van der Waals surface area contributed by atoms with Crippen LogP contribution in [0.3, 0.4) is 0 Å². The van der Waals surface area contributed by atoms with Crippen LogP contribution in [0, 0.1) is 0 Å². The van der Waals surface area contributed by atoms with Crippen LogP contribution in [0.1, 0.15) is 17.4 Å². The maximum Gasteiger partial charge on any atom is 0.419 e. The van der Waals surface area contributed by atoms with Gasteiger partial charge in [0.1, 0.15) is 17.2 Å². The topological polar surface area (TPSA) is 129 Å². The summed E-state index contributed by atoms with van der Waals surface area (Å²) < 4.78 is 32.5. The van der Waals surface area contributed by atoms with Gasteiger partial charge >= 0.3 is 28.1 Å². The Morgan fingerprint density at radius 3 is 2.52 bits per heavy atom. The normalized spacial score (nSPS) is 10.7. The third-order valence-corrected chi connectivity index (χ3v) is 3.31. The van der Waals surface area contributed by atoms with E-state index in [0.29, 0.717) is 16.8 Å². The summed E-state index contributed by atoms with van der Waals surface area (Å²) in [6.45, 7) is 3.98. The number of ether oxygens (including phenoxy) is 1. The van der Waals surface area contributed by atoms with Gasteiger partial charge in [0, 0.05) is 13.1 Å². The Labute approximate surface area is 119 Å². The first kappa shape index (κ1) is 16.4. The molecule has 0 bridgehead atoms. The minimum Gasteiger partial charge on any atom is -0.477 e. The maximum absolute atomic E-state index is 11.6. The molecule has 0 spiro atoms. The van der Waals surface area contributed by atoms with Crippen molar-refractivity contribution in [3.63, 3.8) is 0 Å². The average molecular weight is 317 g/mol. The molecule has 0 amide bonds. The number of carboxylic acid groups (broad SMARTS) is 1.